The van der Waals surface area contributed by atoms with Crippen LogP contribution in [0.1, 0.15) is 24.1 Å². The Labute approximate surface area is 130 Å². The fourth-order valence-corrected chi connectivity index (χ4v) is 2.21. The summed E-state index contributed by atoms with van der Waals surface area (Å²) in [6.07, 6.45) is 0. The van der Waals surface area contributed by atoms with Gasteiger partial charge in [-0.1, -0.05) is 34.1 Å². The standard InChI is InChI=1S/C15H14BrFN2O2/c1-10(12-3-5-13(16)6-4-12)18-9-11-2-7-15(19(20)21)14(17)8-11/h2-8,10,18H,9H2,1H3. The van der Waals surface area contributed by atoms with Gasteiger partial charge in [-0.3, -0.25) is 10.1 Å². The molecule has 1 unspecified atom stereocenters. The van der Waals surface area contributed by atoms with Gasteiger partial charge in [0.2, 0.25) is 5.82 Å². The highest BCUT2D eigenvalue weighted by atomic mass is 79.9. The number of nitro benzene ring substituents is 1. The lowest BCUT2D eigenvalue weighted by Gasteiger charge is -2.14. The van der Waals surface area contributed by atoms with E-state index in [2.05, 4.69) is 21.2 Å². The number of nitrogens with zero attached hydrogens (tertiary/aromatic N) is 1. The Morgan fingerprint density at radius 3 is 2.52 bits per heavy atom. The van der Waals surface area contributed by atoms with Crippen molar-refractivity contribution >= 4 is 21.6 Å². The Balaban J connectivity index is 2.01. The summed E-state index contributed by atoms with van der Waals surface area (Å²) in [6.45, 7) is 2.44. The maximum Gasteiger partial charge on any atom is 0.304 e. The minimum atomic E-state index is -0.810. The van der Waals surface area contributed by atoms with Gasteiger partial charge in [-0.25, -0.2) is 0 Å². The zero-order chi connectivity index (χ0) is 15.4. The minimum absolute atomic E-state index is 0.0938. The molecular weight excluding hydrogens is 339 g/mol. The van der Waals surface area contributed by atoms with Gasteiger partial charge in [0.15, 0.2) is 0 Å². The fourth-order valence-electron chi connectivity index (χ4n) is 1.95. The van der Waals surface area contributed by atoms with Crippen molar-refractivity contribution in [2.24, 2.45) is 0 Å². The summed E-state index contributed by atoms with van der Waals surface area (Å²) in [7, 11) is 0. The van der Waals surface area contributed by atoms with Gasteiger partial charge in [0.25, 0.3) is 0 Å². The van der Waals surface area contributed by atoms with Crippen molar-refractivity contribution in [3.8, 4) is 0 Å². The maximum absolute atomic E-state index is 13.5. The van der Waals surface area contributed by atoms with E-state index in [1.807, 2.05) is 31.2 Å². The van der Waals surface area contributed by atoms with Crippen LogP contribution in [0.25, 0.3) is 0 Å². The molecule has 110 valence electrons. The monoisotopic (exact) mass is 352 g/mol. The van der Waals surface area contributed by atoms with E-state index in [0.29, 0.717) is 12.1 Å². The third-order valence-corrected chi connectivity index (χ3v) is 3.72. The zero-order valence-corrected chi connectivity index (χ0v) is 12.9. The van der Waals surface area contributed by atoms with Gasteiger partial charge < -0.3 is 5.32 Å². The molecule has 6 heteroatoms. The molecule has 0 saturated carbocycles. The average Bonchev–Trinajstić information content (AvgIpc) is 2.45. The van der Waals surface area contributed by atoms with Crippen LogP contribution in [0.4, 0.5) is 10.1 Å². The van der Waals surface area contributed by atoms with Crippen molar-refractivity contribution < 1.29 is 9.31 Å². The van der Waals surface area contributed by atoms with Crippen LogP contribution in [0, 0.1) is 15.9 Å². The lowest BCUT2D eigenvalue weighted by Crippen LogP contribution is -2.18. The van der Waals surface area contributed by atoms with Crippen molar-refractivity contribution in [3.63, 3.8) is 0 Å². The highest BCUT2D eigenvalue weighted by Gasteiger charge is 2.14. The van der Waals surface area contributed by atoms with Gasteiger partial charge in [-0.15, -0.1) is 0 Å². The normalized spacial score (nSPS) is 12.1. The first-order valence-electron chi connectivity index (χ1n) is 6.39. The number of halogens is 2. The van der Waals surface area contributed by atoms with Crippen LogP contribution in [-0.4, -0.2) is 4.92 Å². The summed E-state index contributed by atoms with van der Waals surface area (Å²) in [4.78, 5) is 9.83. The van der Waals surface area contributed by atoms with Crippen LogP contribution in [0.15, 0.2) is 46.9 Å². The van der Waals surface area contributed by atoms with Crippen LogP contribution in [-0.2, 0) is 6.54 Å². The Morgan fingerprint density at radius 2 is 1.95 bits per heavy atom. The van der Waals surface area contributed by atoms with Gasteiger partial charge in [-0.2, -0.15) is 4.39 Å². The van der Waals surface area contributed by atoms with Crippen molar-refractivity contribution in [1.29, 1.82) is 0 Å². The molecule has 0 aliphatic rings. The predicted molar refractivity (Wildman–Crippen MR) is 82.5 cm³/mol. The maximum atomic E-state index is 13.5. The van der Waals surface area contributed by atoms with Gasteiger partial charge in [0.05, 0.1) is 4.92 Å². The largest absolute Gasteiger partial charge is 0.306 e. The van der Waals surface area contributed by atoms with Crippen molar-refractivity contribution in [2.45, 2.75) is 19.5 Å². The molecule has 0 amide bonds. The molecule has 4 nitrogen and oxygen atoms in total. The second-order valence-corrected chi connectivity index (χ2v) is 5.61. The third kappa shape index (κ3) is 4.09. The van der Waals surface area contributed by atoms with E-state index in [1.54, 1.807) is 6.07 Å². The molecule has 2 rings (SSSR count). The molecule has 0 saturated heterocycles. The number of hydrogen-bond donors (Lipinski definition) is 1. The van der Waals surface area contributed by atoms with Gasteiger partial charge in [-0.05, 0) is 36.2 Å². The summed E-state index contributed by atoms with van der Waals surface area (Å²) in [6, 6.07) is 11.9. The highest BCUT2D eigenvalue weighted by molar-refractivity contribution is 9.10. The third-order valence-electron chi connectivity index (χ3n) is 3.19. The lowest BCUT2D eigenvalue weighted by atomic mass is 10.1. The molecular formula is C15H14BrFN2O2. The molecule has 2 aromatic rings. The smallest absolute Gasteiger partial charge is 0.304 e. The van der Waals surface area contributed by atoms with Crippen LogP contribution < -0.4 is 5.32 Å². The Hall–Kier alpha value is -1.79. The molecule has 2 aromatic carbocycles. The summed E-state index contributed by atoms with van der Waals surface area (Å²) in [5.41, 5.74) is 1.28. The van der Waals surface area contributed by atoms with Gasteiger partial charge in [0.1, 0.15) is 0 Å². The first-order valence-corrected chi connectivity index (χ1v) is 7.18. The average molecular weight is 353 g/mol. The molecule has 0 fully saturated rings. The van der Waals surface area contributed by atoms with Crippen molar-refractivity contribution in [3.05, 3.63) is 74.0 Å². The van der Waals surface area contributed by atoms with E-state index in [4.69, 9.17) is 0 Å². The first-order chi connectivity index (χ1) is 9.97. The van der Waals surface area contributed by atoms with E-state index in [0.717, 1.165) is 10.0 Å². The number of nitro groups is 1. The minimum Gasteiger partial charge on any atom is -0.306 e. The Bertz CT molecular complexity index is 647. The molecule has 1 atom stereocenters. The van der Waals surface area contributed by atoms with E-state index >= 15 is 0 Å². The highest BCUT2D eigenvalue weighted by Crippen LogP contribution is 2.20. The number of hydrogen-bond acceptors (Lipinski definition) is 3. The second-order valence-electron chi connectivity index (χ2n) is 4.70. The molecule has 0 bridgehead atoms. The predicted octanol–water partition coefficient (Wildman–Crippen LogP) is 4.35. The van der Waals surface area contributed by atoms with Crippen molar-refractivity contribution in [2.75, 3.05) is 0 Å². The topological polar surface area (TPSA) is 55.2 Å². The summed E-state index contributed by atoms with van der Waals surface area (Å²) in [5, 5.41) is 13.8. The van der Waals surface area contributed by atoms with Gasteiger partial charge >= 0.3 is 5.69 Å². The summed E-state index contributed by atoms with van der Waals surface area (Å²) >= 11 is 3.38. The fraction of sp³-hybridized carbons (Fsp3) is 0.200. The Kier molecular flexibility index (Phi) is 5.03. The molecule has 1 N–H and O–H groups in total. The number of rotatable bonds is 5. The van der Waals surface area contributed by atoms with E-state index in [1.165, 1.54) is 12.1 Å². The summed E-state index contributed by atoms with van der Waals surface area (Å²) in [5.74, 6) is -0.810. The Morgan fingerprint density at radius 1 is 1.29 bits per heavy atom. The molecule has 0 aliphatic carbocycles. The van der Waals surface area contributed by atoms with E-state index in [-0.39, 0.29) is 6.04 Å². The van der Waals surface area contributed by atoms with Gasteiger partial charge in [0, 0.05) is 23.1 Å². The van der Waals surface area contributed by atoms with Crippen LogP contribution in [0.2, 0.25) is 0 Å². The second kappa shape index (κ2) is 6.78. The molecule has 0 spiro atoms. The van der Waals surface area contributed by atoms with E-state index < -0.39 is 16.4 Å². The van der Waals surface area contributed by atoms with Crippen molar-refractivity contribution in [1.82, 2.24) is 5.32 Å². The molecule has 21 heavy (non-hydrogen) atoms. The van der Waals surface area contributed by atoms with E-state index in [9.17, 15) is 14.5 Å². The van der Waals surface area contributed by atoms with Crippen LogP contribution in [0.3, 0.4) is 0 Å². The number of benzene rings is 2. The molecule has 0 heterocycles. The molecule has 0 aliphatic heterocycles. The van der Waals surface area contributed by atoms with Crippen LogP contribution in [0.5, 0.6) is 0 Å². The number of nitrogens with one attached hydrogen (secondary N) is 1. The summed E-state index contributed by atoms with van der Waals surface area (Å²) < 4.78 is 14.5. The quantitative estimate of drug-likeness (QED) is 0.642. The zero-order valence-electron chi connectivity index (χ0n) is 11.3. The lowest BCUT2D eigenvalue weighted by molar-refractivity contribution is -0.387. The SMILES string of the molecule is CC(NCc1ccc([N+](=O)[O-])c(F)c1)c1ccc(Br)cc1. The van der Waals surface area contributed by atoms with Crippen LogP contribution >= 0.6 is 15.9 Å². The molecule has 0 radical (unpaired) electrons. The molecule has 0 aromatic heterocycles. The first kappa shape index (κ1) is 15.6.